The number of nitriles is 1. The molecule has 0 aliphatic carbocycles. The summed E-state index contributed by atoms with van der Waals surface area (Å²) in [6.45, 7) is 4.97. The number of carbonyl (C=O) groups excluding carboxylic acids is 1. The van der Waals surface area contributed by atoms with Crippen molar-refractivity contribution >= 4 is 16.8 Å². The lowest BCUT2D eigenvalue weighted by molar-refractivity contribution is 0.0632. The maximum atomic E-state index is 13.1. The highest BCUT2D eigenvalue weighted by atomic mass is 16.5. The summed E-state index contributed by atoms with van der Waals surface area (Å²) in [6.07, 6.45) is 1.69. The van der Waals surface area contributed by atoms with Gasteiger partial charge in [0.15, 0.2) is 0 Å². The third kappa shape index (κ3) is 2.92. The van der Waals surface area contributed by atoms with Crippen molar-refractivity contribution in [1.29, 1.82) is 5.26 Å². The van der Waals surface area contributed by atoms with Crippen molar-refractivity contribution < 1.29 is 9.53 Å². The Hall–Kier alpha value is -2.61. The molecule has 5 heteroatoms. The first-order valence-electron chi connectivity index (χ1n) is 8.12. The number of fused-ring (bicyclic) bond motifs is 1. The van der Waals surface area contributed by atoms with Crippen LogP contribution in [-0.2, 0) is 0 Å². The molecule has 0 N–H and O–H groups in total. The second kappa shape index (κ2) is 6.12. The molecule has 1 atom stereocenters. The number of hydrogen-bond donors (Lipinski definition) is 0. The minimum absolute atomic E-state index is 0.0307. The van der Waals surface area contributed by atoms with Crippen LogP contribution in [0.4, 0.5) is 0 Å². The van der Waals surface area contributed by atoms with Crippen LogP contribution in [0.1, 0.15) is 35.8 Å². The van der Waals surface area contributed by atoms with Crippen LogP contribution in [0.3, 0.4) is 0 Å². The van der Waals surface area contributed by atoms with E-state index in [4.69, 9.17) is 4.74 Å². The van der Waals surface area contributed by atoms with Gasteiger partial charge in [0.1, 0.15) is 5.75 Å². The van der Waals surface area contributed by atoms with Gasteiger partial charge in [-0.1, -0.05) is 0 Å². The number of carbonyl (C=O) groups is 1. The van der Waals surface area contributed by atoms with E-state index in [0.29, 0.717) is 24.4 Å². The van der Waals surface area contributed by atoms with Gasteiger partial charge in [0.05, 0.1) is 29.7 Å². The Balaban J connectivity index is 2.02. The number of nitrogens with zero attached hydrogens (tertiary/aromatic N) is 3. The van der Waals surface area contributed by atoms with Crippen molar-refractivity contribution in [3.8, 4) is 11.8 Å². The number of hydrogen-bond acceptors (Lipinski definition) is 4. The summed E-state index contributed by atoms with van der Waals surface area (Å²) in [5, 5.41) is 10.2. The number of methoxy groups -OCH3 is 1. The van der Waals surface area contributed by atoms with Crippen molar-refractivity contribution in [3.63, 3.8) is 0 Å². The molecule has 1 aromatic carbocycles. The number of aromatic nitrogens is 1. The SMILES string of the molecule is COc1ccc2c(C(=O)N3CCC[C@](C)(C#N)C3)cc(C)nc2c1. The van der Waals surface area contributed by atoms with Crippen molar-refractivity contribution in [2.45, 2.75) is 26.7 Å². The number of aryl methyl sites for hydroxylation is 1. The molecule has 0 saturated carbocycles. The van der Waals surface area contributed by atoms with E-state index in [9.17, 15) is 10.1 Å². The minimum atomic E-state index is -0.463. The van der Waals surface area contributed by atoms with Gasteiger partial charge in [-0.2, -0.15) is 5.26 Å². The second-order valence-corrected chi connectivity index (χ2v) is 6.70. The predicted molar refractivity (Wildman–Crippen MR) is 91.9 cm³/mol. The average molecular weight is 323 g/mol. The Labute approximate surface area is 141 Å². The van der Waals surface area contributed by atoms with Gasteiger partial charge in [-0.3, -0.25) is 9.78 Å². The van der Waals surface area contributed by atoms with Crippen LogP contribution in [0.2, 0.25) is 0 Å². The molecule has 24 heavy (non-hydrogen) atoms. The molecular formula is C19H21N3O2. The maximum Gasteiger partial charge on any atom is 0.254 e. The zero-order chi connectivity index (χ0) is 17.3. The van der Waals surface area contributed by atoms with Crippen LogP contribution in [0, 0.1) is 23.7 Å². The van der Waals surface area contributed by atoms with E-state index in [-0.39, 0.29) is 5.91 Å². The molecule has 1 aromatic heterocycles. The van der Waals surface area contributed by atoms with Gasteiger partial charge in [-0.25, -0.2) is 0 Å². The fourth-order valence-electron chi connectivity index (χ4n) is 3.32. The largest absolute Gasteiger partial charge is 0.497 e. The summed E-state index contributed by atoms with van der Waals surface area (Å²) in [4.78, 5) is 19.4. The molecule has 1 aliphatic heterocycles. The molecule has 0 bridgehead atoms. The Morgan fingerprint density at radius 1 is 1.42 bits per heavy atom. The summed E-state index contributed by atoms with van der Waals surface area (Å²) in [7, 11) is 1.61. The molecule has 2 aromatic rings. The highest BCUT2D eigenvalue weighted by Crippen LogP contribution is 2.31. The van der Waals surface area contributed by atoms with Crippen LogP contribution in [0.5, 0.6) is 5.75 Å². The number of amides is 1. The normalized spacial score (nSPS) is 20.7. The second-order valence-electron chi connectivity index (χ2n) is 6.70. The average Bonchev–Trinajstić information content (AvgIpc) is 2.59. The summed E-state index contributed by atoms with van der Waals surface area (Å²) in [5.41, 5.74) is 1.72. The van der Waals surface area contributed by atoms with Gasteiger partial charge in [-0.15, -0.1) is 0 Å². The van der Waals surface area contributed by atoms with Crippen LogP contribution in [0.25, 0.3) is 10.9 Å². The molecule has 5 nitrogen and oxygen atoms in total. The standard InChI is InChI=1S/C19H21N3O2/c1-13-9-16(15-6-5-14(24-3)10-17(15)21-13)18(23)22-8-4-7-19(2,11-20)12-22/h5-6,9-10H,4,7-8,12H2,1-3H3/t19-/m1/s1. The fourth-order valence-corrected chi connectivity index (χ4v) is 3.32. The Morgan fingerprint density at radius 3 is 2.92 bits per heavy atom. The van der Waals surface area contributed by atoms with Crippen LogP contribution in [-0.4, -0.2) is 36.0 Å². The molecule has 0 spiro atoms. The molecule has 2 heterocycles. The number of rotatable bonds is 2. The zero-order valence-electron chi connectivity index (χ0n) is 14.3. The maximum absolute atomic E-state index is 13.1. The Bertz CT molecular complexity index is 840. The van der Waals surface area contributed by atoms with Crippen molar-refractivity contribution in [3.05, 3.63) is 35.5 Å². The third-order valence-electron chi connectivity index (χ3n) is 4.63. The van der Waals surface area contributed by atoms with E-state index in [0.717, 1.165) is 29.4 Å². The number of piperidine rings is 1. The number of benzene rings is 1. The van der Waals surface area contributed by atoms with Gasteiger partial charge >= 0.3 is 0 Å². The molecule has 0 radical (unpaired) electrons. The number of pyridine rings is 1. The Kier molecular flexibility index (Phi) is 4.15. The van der Waals surface area contributed by atoms with E-state index in [1.807, 2.05) is 38.1 Å². The van der Waals surface area contributed by atoms with Crippen LogP contribution >= 0.6 is 0 Å². The molecule has 1 aliphatic rings. The fraction of sp³-hybridized carbons (Fsp3) is 0.421. The van der Waals surface area contributed by atoms with E-state index >= 15 is 0 Å². The number of ether oxygens (including phenoxy) is 1. The first-order valence-corrected chi connectivity index (χ1v) is 8.12. The lowest BCUT2D eigenvalue weighted by Crippen LogP contribution is -2.44. The van der Waals surface area contributed by atoms with Crippen molar-refractivity contribution in [2.24, 2.45) is 5.41 Å². The summed E-state index contributed by atoms with van der Waals surface area (Å²) in [6, 6.07) is 9.74. The smallest absolute Gasteiger partial charge is 0.254 e. The highest BCUT2D eigenvalue weighted by Gasteiger charge is 2.34. The van der Waals surface area contributed by atoms with Crippen LogP contribution in [0.15, 0.2) is 24.3 Å². The van der Waals surface area contributed by atoms with E-state index < -0.39 is 5.41 Å². The molecule has 1 fully saturated rings. The highest BCUT2D eigenvalue weighted by molar-refractivity contribution is 6.06. The van der Waals surface area contributed by atoms with Gasteiger partial charge in [-0.05, 0) is 44.9 Å². The van der Waals surface area contributed by atoms with Crippen molar-refractivity contribution in [2.75, 3.05) is 20.2 Å². The Morgan fingerprint density at radius 2 is 2.21 bits per heavy atom. The molecule has 0 unspecified atom stereocenters. The van der Waals surface area contributed by atoms with Gasteiger partial charge in [0.25, 0.3) is 5.91 Å². The molecular weight excluding hydrogens is 302 g/mol. The van der Waals surface area contributed by atoms with E-state index in [1.54, 1.807) is 12.0 Å². The minimum Gasteiger partial charge on any atom is -0.497 e. The van der Waals surface area contributed by atoms with Crippen molar-refractivity contribution in [1.82, 2.24) is 9.88 Å². The molecule has 3 rings (SSSR count). The lowest BCUT2D eigenvalue weighted by atomic mass is 9.83. The molecule has 1 amide bonds. The summed E-state index contributed by atoms with van der Waals surface area (Å²) in [5.74, 6) is 0.686. The third-order valence-corrected chi connectivity index (χ3v) is 4.63. The van der Waals surface area contributed by atoms with E-state index in [1.165, 1.54) is 0 Å². The lowest BCUT2D eigenvalue weighted by Gasteiger charge is -2.36. The molecule has 1 saturated heterocycles. The van der Waals surface area contributed by atoms with Gasteiger partial charge in [0.2, 0.25) is 0 Å². The van der Waals surface area contributed by atoms with Gasteiger partial charge in [0, 0.05) is 30.2 Å². The zero-order valence-corrected chi connectivity index (χ0v) is 14.3. The van der Waals surface area contributed by atoms with Crippen LogP contribution < -0.4 is 4.74 Å². The quantitative estimate of drug-likeness (QED) is 0.850. The first-order chi connectivity index (χ1) is 11.5. The monoisotopic (exact) mass is 323 g/mol. The summed E-state index contributed by atoms with van der Waals surface area (Å²) < 4.78 is 5.25. The topological polar surface area (TPSA) is 66.2 Å². The summed E-state index contributed by atoms with van der Waals surface area (Å²) >= 11 is 0. The van der Waals surface area contributed by atoms with E-state index in [2.05, 4.69) is 11.1 Å². The van der Waals surface area contributed by atoms with Gasteiger partial charge < -0.3 is 9.64 Å². The first kappa shape index (κ1) is 16.3. The molecule has 124 valence electrons. The predicted octanol–water partition coefficient (Wildman–Crippen LogP) is 3.32. The number of likely N-dealkylation sites (tertiary alicyclic amines) is 1.